The average molecular weight is 501 g/mol. The van der Waals surface area contributed by atoms with Gasteiger partial charge in [-0.1, -0.05) is 44.2 Å². The van der Waals surface area contributed by atoms with E-state index in [1.807, 2.05) is 7.05 Å². The summed E-state index contributed by atoms with van der Waals surface area (Å²) >= 11 is 0. The number of aryl methyl sites for hydroxylation is 1. The lowest BCUT2D eigenvalue weighted by molar-refractivity contribution is -0.146. The number of nitrogens with one attached hydrogen (secondary N) is 1. The zero-order chi connectivity index (χ0) is 19.7. The smallest absolute Gasteiger partial charge is 0.308 e. The Labute approximate surface area is 187 Å². The van der Waals surface area contributed by atoms with Gasteiger partial charge in [-0.25, -0.2) is 0 Å². The molecule has 0 radical (unpaired) electrons. The van der Waals surface area contributed by atoms with E-state index in [9.17, 15) is 4.79 Å². The van der Waals surface area contributed by atoms with Gasteiger partial charge in [-0.15, -0.1) is 24.0 Å². The molecule has 2 rings (SSSR count). The summed E-state index contributed by atoms with van der Waals surface area (Å²) < 4.78 is 4.87. The van der Waals surface area contributed by atoms with Crippen LogP contribution in [0.5, 0.6) is 0 Å². The van der Waals surface area contributed by atoms with Gasteiger partial charge in [-0.2, -0.15) is 0 Å². The van der Waals surface area contributed by atoms with Crippen LogP contribution in [0, 0.1) is 11.3 Å². The molecule has 1 aromatic carbocycles. The number of nitrogens with zero attached hydrogens (tertiary/aromatic N) is 2. The second-order valence-electron chi connectivity index (χ2n) is 8.19. The predicted octanol–water partition coefficient (Wildman–Crippen LogP) is 4.11. The first kappa shape index (κ1) is 24.7. The molecule has 0 aliphatic carbocycles. The predicted molar refractivity (Wildman–Crippen MR) is 126 cm³/mol. The van der Waals surface area contributed by atoms with Gasteiger partial charge in [0.05, 0.1) is 13.0 Å². The lowest BCUT2D eigenvalue weighted by Gasteiger charge is -2.35. The fraction of sp³-hybridized carbons (Fsp3) is 0.636. The molecule has 0 amide bonds. The zero-order valence-corrected chi connectivity index (χ0v) is 20.1. The molecule has 0 saturated carbocycles. The van der Waals surface area contributed by atoms with Gasteiger partial charge in [0, 0.05) is 26.7 Å². The molecule has 1 aromatic rings. The van der Waals surface area contributed by atoms with E-state index >= 15 is 0 Å². The third kappa shape index (κ3) is 7.97. The fourth-order valence-electron chi connectivity index (χ4n) is 3.65. The van der Waals surface area contributed by atoms with Crippen LogP contribution in [-0.2, 0) is 16.0 Å². The molecule has 158 valence electrons. The summed E-state index contributed by atoms with van der Waals surface area (Å²) in [5.74, 6) is 0.880. The molecule has 5 nitrogen and oxygen atoms in total. The summed E-state index contributed by atoms with van der Waals surface area (Å²) in [5.41, 5.74) is 1.61. The van der Waals surface area contributed by atoms with Crippen molar-refractivity contribution in [3.63, 3.8) is 0 Å². The Bertz CT molecular complexity index is 611. The van der Waals surface area contributed by atoms with Crippen molar-refractivity contribution in [2.75, 3.05) is 33.8 Å². The van der Waals surface area contributed by atoms with E-state index in [4.69, 9.17) is 4.74 Å². The molecule has 1 aliphatic heterocycles. The molecule has 1 heterocycles. The van der Waals surface area contributed by atoms with Crippen LogP contribution in [0.3, 0.4) is 0 Å². The minimum absolute atomic E-state index is 0. The Balaban J connectivity index is 0.00000392. The number of guanidine groups is 1. The normalized spacial score (nSPS) is 15.7. The van der Waals surface area contributed by atoms with Crippen LogP contribution in [-0.4, -0.2) is 50.6 Å². The topological polar surface area (TPSA) is 53.9 Å². The number of benzene rings is 1. The van der Waals surface area contributed by atoms with Crippen LogP contribution in [0.1, 0.15) is 45.1 Å². The minimum atomic E-state index is -0.0860. The molecular weight excluding hydrogens is 465 g/mol. The van der Waals surface area contributed by atoms with Crippen molar-refractivity contribution < 1.29 is 9.53 Å². The van der Waals surface area contributed by atoms with Crippen LogP contribution in [0.4, 0.5) is 0 Å². The van der Waals surface area contributed by atoms with Crippen molar-refractivity contribution in [3.8, 4) is 0 Å². The molecule has 1 saturated heterocycles. The first-order valence-corrected chi connectivity index (χ1v) is 10.0. The van der Waals surface area contributed by atoms with Crippen molar-refractivity contribution in [1.29, 1.82) is 0 Å². The Morgan fingerprint density at radius 2 is 1.89 bits per heavy atom. The summed E-state index contributed by atoms with van der Waals surface area (Å²) in [6.07, 6.45) is 5.12. The molecule has 6 heteroatoms. The Morgan fingerprint density at radius 1 is 1.25 bits per heavy atom. The van der Waals surface area contributed by atoms with Crippen molar-refractivity contribution in [2.45, 2.75) is 46.0 Å². The molecule has 0 unspecified atom stereocenters. The highest BCUT2D eigenvalue weighted by Gasteiger charge is 2.27. The fourth-order valence-corrected chi connectivity index (χ4v) is 3.65. The number of piperidine rings is 1. The van der Waals surface area contributed by atoms with Gasteiger partial charge >= 0.3 is 5.97 Å². The highest BCUT2D eigenvalue weighted by Crippen LogP contribution is 2.23. The number of rotatable bonds is 7. The first-order chi connectivity index (χ1) is 12.9. The number of hydrogen-bond acceptors (Lipinski definition) is 3. The number of aliphatic imine (C=N–C) groups is 1. The third-order valence-corrected chi connectivity index (χ3v) is 5.43. The van der Waals surface area contributed by atoms with Gasteiger partial charge in [-0.3, -0.25) is 9.79 Å². The number of esters is 1. The molecule has 1 aliphatic rings. The largest absolute Gasteiger partial charge is 0.469 e. The molecule has 0 spiro atoms. The summed E-state index contributed by atoms with van der Waals surface area (Å²) in [7, 11) is 3.30. The quantitative estimate of drug-likeness (QED) is 0.265. The average Bonchev–Trinajstić information content (AvgIpc) is 2.69. The van der Waals surface area contributed by atoms with E-state index in [2.05, 4.69) is 59.4 Å². The number of hydrogen-bond donors (Lipinski definition) is 1. The van der Waals surface area contributed by atoms with Crippen LogP contribution in [0.2, 0.25) is 0 Å². The molecule has 0 aromatic heterocycles. The summed E-state index contributed by atoms with van der Waals surface area (Å²) in [4.78, 5) is 18.4. The number of ether oxygens (including phenoxy) is 1. The zero-order valence-electron chi connectivity index (χ0n) is 17.7. The molecule has 1 N–H and O–H groups in total. The highest BCUT2D eigenvalue weighted by molar-refractivity contribution is 14.0. The van der Waals surface area contributed by atoms with E-state index in [0.29, 0.717) is 0 Å². The second-order valence-corrected chi connectivity index (χ2v) is 8.19. The summed E-state index contributed by atoms with van der Waals surface area (Å²) in [6, 6.07) is 10.7. The molecular formula is C22H36IN3O2. The molecule has 0 bridgehead atoms. The lowest BCUT2D eigenvalue weighted by Crippen LogP contribution is -2.48. The van der Waals surface area contributed by atoms with E-state index in [-0.39, 0.29) is 41.3 Å². The number of halogens is 1. The maximum absolute atomic E-state index is 11.7. The van der Waals surface area contributed by atoms with Crippen molar-refractivity contribution in [2.24, 2.45) is 16.3 Å². The van der Waals surface area contributed by atoms with Crippen molar-refractivity contribution in [1.82, 2.24) is 10.2 Å². The lowest BCUT2D eigenvalue weighted by atomic mass is 9.86. The van der Waals surface area contributed by atoms with Crippen molar-refractivity contribution >= 4 is 35.9 Å². The van der Waals surface area contributed by atoms with E-state index in [1.54, 1.807) is 0 Å². The van der Waals surface area contributed by atoms with E-state index in [0.717, 1.165) is 51.3 Å². The monoisotopic (exact) mass is 501 g/mol. The van der Waals surface area contributed by atoms with Crippen LogP contribution in [0.25, 0.3) is 0 Å². The van der Waals surface area contributed by atoms with E-state index in [1.165, 1.54) is 19.1 Å². The minimum Gasteiger partial charge on any atom is -0.469 e. The maximum Gasteiger partial charge on any atom is 0.308 e. The summed E-state index contributed by atoms with van der Waals surface area (Å²) in [5, 5.41) is 3.55. The van der Waals surface area contributed by atoms with Crippen molar-refractivity contribution in [3.05, 3.63) is 35.9 Å². The van der Waals surface area contributed by atoms with Gasteiger partial charge in [0.15, 0.2) is 5.96 Å². The Morgan fingerprint density at radius 3 is 2.46 bits per heavy atom. The number of likely N-dealkylation sites (tertiary alicyclic amines) is 1. The van der Waals surface area contributed by atoms with Crippen LogP contribution >= 0.6 is 24.0 Å². The summed E-state index contributed by atoms with van der Waals surface area (Å²) in [6.45, 7) is 7.19. The van der Waals surface area contributed by atoms with Gasteiger partial charge in [0.2, 0.25) is 0 Å². The SMILES string of the molecule is CN=C(NCC(C)(C)CCCc1ccccc1)N1CCC(C(=O)OC)CC1.I. The molecule has 28 heavy (non-hydrogen) atoms. The Hall–Kier alpha value is -1.31. The van der Waals surface area contributed by atoms with Gasteiger partial charge in [0.1, 0.15) is 0 Å². The molecule has 1 fully saturated rings. The van der Waals surface area contributed by atoms with E-state index < -0.39 is 0 Å². The van der Waals surface area contributed by atoms with Gasteiger partial charge in [0.25, 0.3) is 0 Å². The standard InChI is InChI=1S/C22H35N3O2.HI/c1-22(2,14-8-11-18-9-6-5-7-10-18)17-24-21(23-3)25-15-12-19(13-16-25)20(26)27-4;/h5-7,9-10,19H,8,11-17H2,1-4H3,(H,23,24);1H. The Kier molecular flexibility index (Phi) is 10.9. The third-order valence-electron chi connectivity index (χ3n) is 5.43. The molecule has 0 atom stereocenters. The number of carbonyl (C=O) groups excluding carboxylic acids is 1. The van der Waals surface area contributed by atoms with Gasteiger partial charge < -0.3 is 15.0 Å². The van der Waals surface area contributed by atoms with Gasteiger partial charge in [-0.05, 0) is 43.1 Å². The maximum atomic E-state index is 11.7. The number of methoxy groups -OCH3 is 1. The highest BCUT2D eigenvalue weighted by atomic mass is 127. The van der Waals surface area contributed by atoms with Crippen LogP contribution in [0.15, 0.2) is 35.3 Å². The van der Waals surface area contributed by atoms with Crippen LogP contribution < -0.4 is 5.32 Å². The first-order valence-electron chi connectivity index (χ1n) is 10.0. The second kappa shape index (κ2) is 12.3. The number of carbonyl (C=O) groups is 1.